The predicted octanol–water partition coefficient (Wildman–Crippen LogP) is 5.97. The Labute approximate surface area is 134 Å². The van der Waals surface area contributed by atoms with Crippen molar-refractivity contribution >= 4 is 43.5 Å². The molecule has 0 aliphatic carbocycles. The molecular formula is C14H13Br2ClO2. The van der Waals surface area contributed by atoms with Crippen molar-refractivity contribution in [2.75, 3.05) is 6.61 Å². The van der Waals surface area contributed by atoms with Gasteiger partial charge in [0.15, 0.2) is 5.22 Å². The molecule has 2 rings (SSSR count). The second-order valence-electron chi connectivity index (χ2n) is 4.04. The second-order valence-corrected chi connectivity index (χ2v) is 6.19. The van der Waals surface area contributed by atoms with Crippen molar-refractivity contribution in [1.82, 2.24) is 0 Å². The molecule has 1 heterocycles. The van der Waals surface area contributed by atoms with Gasteiger partial charge >= 0.3 is 0 Å². The van der Waals surface area contributed by atoms with E-state index in [0.29, 0.717) is 11.8 Å². The molecule has 0 aliphatic rings. The Hall–Kier alpha value is -0.450. The molecule has 0 aliphatic heterocycles. The number of hydrogen-bond acceptors (Lipinski definition) is 2. The molecule has 0 radical (unpaired) electrons. The largest absolute Gasteiger partial charge is 0.492 e. The van der Waals surface area contributed by atoms with Crippen LogP contribution in [0.1, 0.15) is 29.5 Å². The van der Waals surface area contributed by atoms with E-state index in [1.54, 1.807) is 6.07 Å². The number of hydrogen-bond donors (Lipinski definition) is 0. The molecule has 0 bridgehead atoms. The highest BCUT2D eigenvalue weighted by atomic mass is 79.9. The molecule has 0 fully saturated rings. The lowest BCUT2D eigenvalue weighted by Gasteiger charge is -2.11. The fraction of sp³-hybridized carbons (Fsp3) is 0.286. The smallest absolute Gasteiger partial charge is 0.193 e. The van der Waals surface area contributed by atoms with Crippen molar-refractivity contribution < 1.29 is 9.15 Å². The van der Waals surface area contributed by atoms with Crippen molar-refractivity contribution in [2.24, 2.45) is 0 Å². The zero-order valence-corrected chi connectivity index (χ0v) is 14.3. The van der Waals surface area contributed by atoms with Gasteiger partial charge < -0.3 is 9.15 Å². The van der Waals surface area contributed by atoms with Crippen molar-refractivity contribution in [1.29, 1.82) is 0 Å². The van der Waals surface area contributed by atoms with Crippen LogP contribution in [0.2, 0.25) is 5.22 Å². The van der Waals surface area contributed by atoms with Crippen molar-refractivity contribution in [3.8, 4) is 5.75 Å². The average molecular weight is 409 g/mol. The summed E-state index contributed by atoms with van der Waals surface area (Å²) in [4.78, 5) is -0.0310. The van der Waals surface area contributed by atoms with Gasteiger partial charge in [-0.1, -0.05) is 28.9 Å². The van der Waals surface area contributed by atoms with Crippen LogP contribution in [0.25, 0.3) is 0 Å². The maximum absolute atomic E-state index is 5.79. The van der Waals surface area contributed by atoms with Gasteiger partial charge in [-0.3, -0.25) is 0 Å². The molecular weight excluding hydrogens is 395 g/mol. The van der Waals surface area contributed by atoms with Gasteiger partial charge in [0.1, 0.15) is 11.5 Å². The molecule has 0 N–H and O–H groups in total. The van der Waals surface area contributed by atoms with Crippen LogP contribution in [0.5, 0.6) is 5.75 Å². The van der Waals surface area contributed by atoms with Gasteiger partial charge in [0.25, 0.3) is 0 Å². The van der Waals surface area contributed by atoms with Gasteiger partial charge in [0, 0.05) is 0 Å². The first-order chi connectivity index (χ1) is 9.11. The Kier molecular flexibility index (Phi) is 5.37. The summed E-state index contributed by atoms with van der Waals surface area (Å²) in [6.45, 7) is 2.79. The van der Waals surface area contributed by atoms with Crippen LogP contribution in [-0.4, -0.2) is 6.61 Å². The quantitative estimate of drug-likeness (QED) is 0.569. The van der Waals surface area contributed by atoms with E-state index in [2.05, 4.69) is 38.8 Å². The summed E-state index contributed by atoms with van der Waals surface area (Å²) in [5.74, 6) is 1.63. The Morgan fingerprint density at radius 2 is 2.11 bits per heavy atom. The number of alkyl halides is 1. The third-order valence-electron chi connectivity index (χ3n) is 2.55. The van der Waals surface area contributed by atoms with Gasteiger partial charge in [-0.2, -0.15) is 0 Å². The summed E-state index contributed by atoms with van der Waals surface area (Å²) in [5.41, 5.74) is 1.07. The van der Waals surface area contributed by atoms with Crippen LogP contribution in [0, 0.1) is 0 Å². The van der Waals surface area contributed by atoms with Crippen molar-refractivity contribution in [3.63, 3.8) is 0 Å². The molecule has 2 nitrogen and oxygen atoms in total. The Balaban J connectivity index is 2.19. The number of rotatable bonds is 5. The molecule has 0 amide bonds. The number of halogens is 3. The summed E-state index contributed by atoms with van der Waals surface area (Å²) < 4.78 is 12.0. The maximum Gasteiger partial charge on any atom is 0.193 e. The van der Waals surface area contributed by atoms with Crippen LogP contribution >= 0.6 is 43.5 Å². The topological polar surface area (TPSA) is 22.4 Å². The molecule has 102 valence electrons. The van der Waals surface area contributed by atoms with Crippen LogP contribution in [-0.2, 0) is 0 Å². The first-order valence-corrected chi connectivity index (χ1v) is 8.02. The molecule has 0 spiro atoms. The zero-order valence-electron chi connectivity index (χ0n) is 10.3. The highest BCUT2D eigenvalue weighted by molar-refractivity contribution is 9.10. The summed E-state index contributed by atoms with van der Waals surface area (Å²) in [6.07, 6.45) is 0.986. The third-order valence-corrected chi connectivity index (χ3v) is 4.36. The molecule has 1 aromatic carbocycles. The van der Waals surface area contributed by atoms with Crippen LogP contribution in [0.4, 0.5) is 0 Å². The normalized spacial score (nSPS) is 12.4. The maximum atomic E-state index is 5.79. The van der Waals surface area contributed by atoms with E-state index < -0.39 is 0 Å². The predicted molar refractivity (Wildman–Crippen MR) is 84.4 cm³/mol. The van der Waals surface area contributed by atoms with E-state index in [1.165, 1.54) is 0 Å². The highest BCUT2D eigenvalue weighted by Gasteiger charge is 2.15. The van der Waals surface area contributed by atoms with Gasteiger partial charge in [-0.05, 0) is 63.8 Å². The van der Waals surface area contributed by atoms with Crippen molar-refractivity contribution in [2.45, 2.75) is 18.2 Å². The van der Waals surface area contributed by atoms with E-state index in [4.69, 9.17) is 20.8 Å². The summed E-state index contributed by atoms with van der Waals surface area (Å²) >= 11 is 12.9. The molecule has 1 aromatic heterocycles. The van der Waals surface area contributed by atoms with Crippen LogP contribution in [0.3, 0.4) is 0 Å². The number of furan rings is 1. The molecule has 1 atom stereocenters. The summed E-state index contributed by atoms with van der Waals surface area (Å²) in [7, 11) is 0. The summed E-state index contributed by atoms with van der Waals surface area (Å²) in [6, 6.07) is 9.57. The lowest BCUT2D eigenvalue weighted by atomic mass is 10.1. The number of benzene rings is 1. The molecule has 2 aromatic rings. The average Bonchev–Trinajstić information content (AvgIpc) is 2.83. The fourth-order valence-electron chi connectivity index (χ4n) is 1.63. The Morgan fingerprint density at radius 3 is 2.68 bits per heavy atom. The highest BCUT2D eigenvalue weighted by Crippen LogP contribution is 2.36. The minimum atomic E-state index is -0.0310. The van der Waals surface area contributed by atoms with Gasteiger partial charge in [0.2, 0.25) is 0 Å². The fourth-order valence-corrected chi connectivity index (χ4v) is 2.83. The van der Waals surface area contributed by atoms with Crippen LogP contribution in [0.15, 0.2) is 39.2 Å². The first-order valence-electron chi connectivity index (χ1n) is 5.93. The third kappa shape index (κ3) is 3.77. The monoisotopic (exact) mass is 406 g/mol. The SMILES string of the molecule is CCCOc1ccc(C(Br)c2ccc(Cl)o2)cc1Br. The van der Waals surface area contributed by atoms with E-state index in [0.717, 1.165) is 28.0 Å². The van der Waals surface area contributed by atoms with Crippen LogP contribution < -0.4 is 4.74 Å². The Bertz CT molecular complexity index is 554. The van der Waals surface area contributed by atoms with E-state index in [9.17, 15) is 0 Å². The van der Waals surface area contributed by atoms with Gasteiger partial charge in [-0.15, -0.1) is 0 Å². The second kappa shape index (κ2) is 6.82. The Morgan fingerprint density at radius 1 is 1.32 bits per heavy atom. The lowest BCUT2D eigenvalue weighted by molar-refractivity contribution is 0.315. The minimum absolute atomic E-state index is 0.0310. The van der Waals surface area contributed by atoms with E-state index >= 15 is 0 Å². The first kappa shape index (κ1) is 14.9. The number of ether oxygens (including phenoxy) is 1. The van der Waals surface area contributed by atoms with E-state index in [1.807, 2.05) is 24.3 Å². The lowest BCUT2D eigenvalue weighted by Crippen LogP contribution is -1.97. The molecule has 0 saturated heterocycles. The van der Waals surface area contributed by atoms with E-state index in [-0.39, 0.29) is 4.83 Å². The standard InChI is InChI=1S/C14H13Br2ClO2/c1-2-7-18-11-4-3-9(8-10(11)15)14(16)12-5-6-13(17)19-12/h3-6,8,14H,2,7H2,1H3. The van der Waals surface area contributed by atoms with Gasteiger partial charge in [-0.25, -0.2) is 0 Å². The van der Waals surface area contributed by atoms with Gasteiger partial charge in [0.05, 0.1) is 15.9 Å². The zero-order chi connectivity index (χ0) is 13.8. The molecule has 1 unspecified atom stereocenters. The minimum Gasteiger partial charge on any atom is -0.492 e. The summed E-state index contributed by atoms with van der Waals surface area (Å²) in [5, 5.41) is 0.390. The van der Waals surface area contributed by atoms with Crippen molar-refractivity contribution in [3.05, 3.63) is 51.3 Å². The molecule has 5 heteroatoms. The molecule has 19 heavy (non-hydrogen) atoms. The molecule has 0 saturated carbocycles.